The maximum atomic E-state index is 9.08. The maximum absolute atomic E-state index is 9.08. The van der Waals surface area contributed by atoms with Gasteiger partial charge >= 0.3 is 0 Å². The Kier molecular flexibility index (Phi) is 2.90. The van der Waals surface area contributed by atoms with Crippen LogP contribution in [0.5, 0.6) is 0 Å². The Labute approximate surface area is 61.9 Å². The summed E-state index contributed by atoms with van der Waals surface area (Å²) in [6.07, 6.45) is 5.68. The third kappa shape index (κ3) is 2.12. The largest absolute Gasteiger partial charge is 0.389 e. The molecule has 1 rings (SSSR count). The number of hydrogen-bond acceptors (Lipinski definition) is 2. The van der Waals surface area contributed by atoms with Crippen molar-refractivity contribution in [3.05, 3.63) is 12.2 Å². The van der Waals surface area contributed by atoms with Crippen molar-refractivity contribution in [1.82, 2.24) is 5.32 Å². The second kappa shape index (κ2) is 3.74. The van der Waals surface area contributed by atoms with Crippen molar-refractivity contribution in [2.45, 2.75) is 31.9 Å². The van der Waals surface area contributed by atoms with Gasteiger partial charge in [-0.15, -0.1) is 0 Å². The molecule has 0 amide bonds. The monoisotopic (exact) mass is 141 g/mol. The number of rotatable bonds is 2. The van der Waals surface area contributed by atoms with E-state index in [9.17, 15) is 0 Å². The fourth-order valence-corrected chi connectivity index (χ4v) is 1.24. The van der Waals surface area contributed by atoms with Crippen LogP contribution in [0.1, 0.15) is 19.8 Å². The van der Waals surface area contributed by atoms with E-state index in [4.69, 9.17) is 5.11 Å². The van der Waals surface area contributed by atoms with E-state index in [1.807, 2.05) is 6.08 Å². The number of likely N-dealkylation sites (N-methyl/N-ethyl adjacent to an activating group) is 1. The van der Waals surface area contributed by atoms with E-state index in [2.05, 4.69) is 18.3 Å². The Morgan fingerprint density at radius 2 is 2.30 bits per heavy atom. The van der Waals surface area contributed by atoms with Gasteiger partial charge < -0.3 is 10.4 Å². The Hall–Kier alpha value is -0.340. The van der Waals surface area contributed by atoms with Gasteiger partial charge in [0.2, 0.25) is 0 Å². The summed E-state index contributed by atoms with van der Waals surface area (Å²) >= 11 is 0. The Bertz CT molecular complexity index is 122. The molecule has 2 heteroatoms. The molecule has 0 aromatic rings. The highest BCUT2D eigenvalue weighted by atomic mass is 16.3. The summed E-state index contributed by atoms with van der Waals surface area (Å²) in [5, 5.41) is 12.4. The molecule has 0 aliphatic heterocycles. The van der Waals surface area contributed by atoms with Gasteiger partial charge in [0, 0.05) is 6.04 Å². The first-order valence-electron chi connectivity index (χ1n) is 3.92. The Balaban J connectivity index is 2.30. The second-order valence-corrected chi connectivity index (χ2v) is 2.69. The summed E-state index contributed by atoms with van der Waals surface area (Å²) in [6, 6.07) is 0.494. The average Bonchev–Trinajstić information content (AvgIpc) is 1.95. The van der Waals surface area contributed by atoms with Gasteiger partial charge in [0.1, 0.15) is 0 Å². The highest BCUT2D eigenvalue weighted by Gasteiger charge is 2.11. The molecule has 10 heavy (non-hydrogen) atoms. The van der Waals surface area contributed by atoms with Crippen LogP contribution in [0.15, 0.2) is 12.2 Å². The van der Waals surface area contributed by atoms with Gasteiger partial charge in [-0.3, -0.25) is 0 Å². The fraction of sp³-hybridized carbons (Fsp3) is 0.750. The molecule has 0 aromatic carbocycles. The normalized spacial score (nSPS) is 32.6. The molecule has 2 unspecified atom stereocenters. The van der Waals surface area contributed by atoms with Gasteiger partial charge in [-0.1, -0.05) is 19.1 Å². The smallest absolute Gasteiger partial charge is 0.0722 e. The van der Waals surface area contributed by atoms with Crippen LogP contribution in [0.2, 0.25) is 0 Å². The molecule has 1 aliphatic carbocycles. The first kappa shape index (κ1) is 7.76. The zero-order chi connectivity index (χ0) is 7.40. The van der Waals surface area contributed by atoms with Crippen LogP contribution in [-0.4, -0.2) is 23.8 Å². The molecule has 2 N–H and O–H groups in total. The quantitative estimate of drug-likeness (QED) is 0.554. The van der Waals surface area contributed by atoms with Crippen molar-refractivity contribution < 1.29 is 5.11 Å². The van der Waals surface area contributed by atoms with E-state index in [0.29, 0.717) is 6.04 Å². The van der Waals surface area contributed by atoms with Crippen LogP contribution in [0, 0.1) is 0 Å². The second-order valence-electron chi connectivity index (χ2n) is 2.69. The minimum Gasteiger partial charge on any atom is -0.389 e. The summed E-state index contributed by atoms with van der Waals surface area (Å²) in [7, 11) is 0. The van der Waals surface area contributed by atoms with Crippen LogP contribution in [-0.2, 0) is 0 Å². The molecule has 0 radical (unpaired) electrons. The molecule has 58 valence electrons. The SMILES string of the molecule is CCNC1C=CC(O)CC1. The zero-order valence-corrected chi connectivity index (χ0v) is 6.38. The highest BCUT2D eigenvalue weighted by Crippen LogP contribution is 2.10. The number of nitrogens with one attached hydrogen (secondary N) is 1. The third-order valence-electron chi connectivity index (χ3n) is 1.81. The average molecular weight is 141 g/mol. The highest BCUT2D eigenvalue weighted by molar-refractivity contribution is 5.01. The van der Waals surface area contributed by atoms with Crippen LogP contribution >= 0.6 is 0 Å². The van der Waals surface area contributed by atoms with Gasteiger partial charge in [-0.2, -0.15) is 0 Å². The summed E-state index contributed by atoms with van der Waals surface area (Å²) in [6.45, 7) is 3.10. The lowest BCUT2D eigenvalue weighted by molar-refractivity contribution is 0.198. The molecular formula is C8H15NO. The molecule has 0 bridgehead atoms. The van der Waals surface area contributed by atoms with Gasteiger partial charge in [-0.25, -0.2) is 0 Å². The van der Waals surface area contributed by atoms with Crippen LogP contribution in [0.4, 0.5) is 0 Å². The Morgan fingerprint density at radius 1 is 1.50 bits per heavy atom. The molecule has 0 fully saturated rings. The standard InChI is InChI=1S/C8H15NO/c1-2-9-7-3-5-8(10)6-4-7/h3,5,7-10H,2,4,6H2,1H3. The minimum atomic E-state index is -0.199. The van der Waals surface area contributed by atoms with Crippen LogP contribution in [0.3, 0.4) is 0 Å². The molecule has 0 saturated carbocycles. The summed E-state index contributed by atoms with van der Waals surface area (Å²) in [4.78, 5) is 0. The van der Waals surface area contributed by atoms with Crippen molar-refractivity contribution in [3.8, 4) is 0 Å². The van der Waals surface area contributed by atoms with Gasteiger partial charge in [-0.05, 0) is 19.4 Å². The fourth-order valence-electron chi connectivity index (χ4n) is 1.24. The van der Waals surface area contributed by atoms with Gasteiger partial charge in [0.25, 0.3) is 0 Å². The first-order chi connectivity index (χ1) is 4.83. The number of hydrogen-bond donors (Lipinski definition) is 2. The molecule has 1 aliphatic rings. The Morgan fingerprint density at radius 3 is 2.80 bits per heavy atom. The van der Waals surface area contributed by atoms with Crippen molar-refractivity contribution in [2.24, 2.45) is 0 Å². The topological polar surface area (TPSA) is 32.3 Å². The predicted molar refractivity (Wildman–Crippen MR) is 41.8 cm³/mol. The lowest BCUT2D eigenvalue weighted by atomic mass is 10.0. The van der Waals surface area contributed by atoms with E-state index in [0.717, 1.165) is 19.4 Å². The van der Waals surface area contributed by atoms with E-state index in [1.54, 1.807) is 0 Å². The summed E-state index contributed by atoms with van der Waals surface area (Å²) < 4.78 is 0. The lowest BCUT2D eigenvalue weighted by Crippen LogP contribution is -2.30. The van der Waals surface area contributed by atoms with E-state index in [-0.39, 0.29) is 6.10 Å². The predicted octanol–water partition coefficient (Wildman–Crippen LogP) is 0.675. The van der Waals surface area contributed by atoms with E-state index >= 15 is 0 Å². The zero-order valence-electron chi connectivity index (χ0n) is 6.38. The van der Waals surface area contributed by atoms with Crippen LogP contribution < -0.4 is 5.32 Å². The van der Waals surface area contributed by atoms with Crippen molar-refractivity contribution in [1.29, 1.82) is 0 Å². The van der Waals surface area contributed by atoms with Gasteiger partial charge in [0.05, 0.1) is 6.10 Å². The molecule has 0 aromatic heterocycles. The first-order valence-corrected chi connectivity index (χ1v) is 3.92. The van der Waals surface area contributed by atoms with Gasteiger partial charge in [0.15, 0.2) is 0 Å². The molecule has 0 saturated heterocycles. The minimum absolute atomic E-state index is 0.199. The third-order valence-corrected chi connectivity index (χ3v) is 1.81. The van der Waals surface area contributed by atoms with Crippen molar-refractivity contribution >= 4 is 0 Å². The molecule has 0 heterocycles. The summed E-state index contributed by atoms with van der Waals surface area (Å²) in [5.41, 5.74) is 0. The lowest BCUT2D eigenvalue weighted by Gasteiger charge is -2.19. The van der Waals surface area contributed by atoms with Crippen molar-refractivity contribution in [3.63, 3.8) is 0 Å². The molecule has 2 nitrogen and oxygen atoms in total. The number of aliphatic hydroxyl groups is 1. The molecular weight excluding hydrogens is 126 g/mol. The molecule has 0 spiro atoms. The van der Waals surface area contributed by atoms with Crippen molar-refractivity contribution in [2.75, 3.05) is 6.54 Å². The van der Waals surface area contributed by atoms with E-state index in [1.165, 1.54) is 0 Å². The van der Waals surface area contributed by atoms with Crippen LogP contribution in [0.25, 0.3) is 0 Å². The molecule has 2 atom stereocenters. The number of aliphatic hydroxyl groups excluding tert-OH is 1. The summed E-state index contributed by atoms with van der Waals surface area (Å²) in [5.74, 6) is 0. The van der Waals surface area contributed by atoms with E-state index < -0.39 is 0 Å². The maximum Gasteiger partial charge on any atom is 0.0722 e.